The summed E-state index contributed by atoms with van der Waals surface area (Å²) < 4.78 is 7.59. The van der Waals surface area contributed by atoms with Crippen molar-refractivity contribution in [1.29, 1.82) is 0 Å². The van der Waals surface area contributed by atoms with Crippen molar-refractivity contribution in [1.82, 2.24) is 9.78 Å². The van der Waals surface area contributed by atoms with E-state index in [1.54, 1.807) is 0 Å². The number of esters is 1. The van der Waals surface area contributed by atoms with Crippen LogP contribution in [0.25, 0.3) is 16.6 Å². The lowest BCUT2D eigenvalue weighted by Crippen LogP contribution is -2.23. The maximum atomic E-state index is 12.5. The molecule has 134 valence electrons. The molecule has 4 heteroatoms. The fourth-order valence-corrected chi connectivity index (χ4v) is 3.40. The molecule has 0 N–H and O–H groups in total. The topological polar surface area (TPSA) is 44.1 Å². The van der Waals surface area contributed by atoms with E-state index in [1.165, 1.54) is 23.9 Å². The normalized spacial score (nSPS) is 14.6. The summed E-state index contributed by atoms with van der Waals surface area (Å²) in [4.78, 5) is 12.5. The van der Waals surface area contributed by atoms with Crippen LogP contribution in [0, 0.1) is 6.92 Å². The van der Waals surface area contributed by atoms with Crippen LogP contribution in [0.4, 0.5) is 0 Å². The number of ether oxygens (including phenoxy) is 1. The highest BCUT2D eigenvalue weighted by Gasteiger charge is 2.31. The lowest BCUT2D eigenvalue weighted by molar-refractivity contribution is 0.00696. The first-order chi connectivity index (χ1) is 12.3. The summed E-state index contributed by atoms with van der Waals surface area (Å²) in [6.45, 7) is 7.70. The smallest absolute Gasteiger partial charge is 0.338 e. The predicted molar refractivity (Wildman–Crippen MR) is 103 cm³/mol. The largest absolute Gasteiger partial charge is 0.456 e. The van der Waals surface area contributed by atoms with Gasteiger partial charge in [-0.2, -0.15) is 5.10 Å². The molecule has 0 bridgehead atoms. The lowest BCUT2D eigenvalue weighted by atomic mass is 10.0. The summed E-state index contributed by atoms with van der Waals surface area (Å²) >= 11 is 0. The van der Waals surface area contributed by atoms with Gasteiger partial charge in [0.2, 0.25) is 0 Å². The van der Waals surface area contributed by atoms with Crippen molar-refractivity contribution < 1.29 is 9.53 Å². The number of para-hydroxylation sites is 1. The van der Waals surface area contributed by atoms with Gasteiger partial charge in [-0.15, -0.1) is 0 Å². The van der Waals surface area contributed by atoms with Gasteiger partial charge in [0.25, 0.3) is 0 Å². The number of hydrogen-bond donors (Lipinski definition) is 0. The third-order valence-electron chi connectivity index (χ3n) is 4.61. The quantitative estimate of drug-likeness (QED) is 0.614. The van der Waals surface area contributed by atoms with Gasteiger partial charge in [0.1, 0.15) is 5.60 Å². The Balaban J connectivity index is 1.86. The molecule has 0 amide bonds. The minimum absolute atomic E-state index is 0.301. The van der Waals surface area contributed by atoms with Crippen LogP contribution in [0.5, 0.6) is 0 Å². The maximum Gasteiger partial charge on any atom is 0.338 e. The second-order valence-electron chi connectivity index (χ2n) is 8.10. The molecule has 0 saturated heterocycles. The van der Waals surface area contributed by atoms with Crippen molar-refractivity contribution in [3.63, 3.8) is 0 Å². The van der Waals surface area contributed by atoms with Crippen LogP contribution in [-0.4, -0.2) is 21.4 Å². The highest BCUT2D eigenvalue weighted by atomic mass is 16.6. The SMILES string of the molecule is Cc1cc(C(=O)OC(C)(C)C)cc2nn(-c3ccccc3)c(C3CC3)c12. The first kappa shape index (κ1) is 16.8. The molecule has 4 rings (SSSR count). The van der Waals surface area contributed by atoms with E-state index in [9.17, 15) is 4.79 Å². The zero-order chi connectivity index (χ0) is 18.5. The molecule has 0 aliphatic heterocycles. The molecule has 26 heavy (non-hydrogen) atoms. The predicted octanol–water partition coefficient (Wildman–Crippen LogP) is 5.17. The zero-order valence-electron chi connectivity index (χ0n) is 15.7. The van der Waals surface area contributed by atoms with Gasteiger partial charge in [-0.3, -0.25) is 0 Å². The van der Waals surface area contributed by atoms with Crippen LogP contribution < -0.4 is 0 Å². The van der Waals surface area contributed by atoms with E-state index in [0.29, 0.717) is 11.5 Å². The number of carbonyl (C=O) groups excluding carboxylic acids is 1. The van der Waals surface area contributed by atoms with E-state index in [0.717, 1.165) is 16.8 Å². The van der Waals surface area contributed by atoms with Crippen LogP contribution in [0.15, 0.2) is 42.5 Å². The second kappa shape index (κ2) is 5.97. The van der Waals surface area contributed by atoms with Crippen molar-refractivity contribution in [2.24, 2.45) is 0 Å². The number of hydrogen-bond acceptors (Lipinski definition) is 3. The van der Waals surface area contributed by atoms with E-state index in [4.69, 9.17) is 9.84 Å². The van der Waals surface area contributed by atoms with Crippen LogP contribution in [0.3, 0.4) is 0 Å². The number of aryl methyl sites for hydroxylation is 1. The summed E-state index contributed by atoms with van der Waals surface area (Å²) in [7, 11) is 0. The molecule has 0 atom stereocenters. The summed E-state index contributed by atoms with van der Waals surface area (Å²) in [5, 5.41) is 6.02. The van der Waals surface area contributed by atoms with E-state index in [1.807, 2.05) is 55.8 Å². The second-order valence-corrected chi connectivity index (χ2v) is 8.10. The number of benzene rings is 2. The number of aromatic nitrogens is 2. The van der Waals surface area contributed by atoms with Crippen LogP contribution in [0.1, 0.15) is 61.1 Å². The Bertz CT molecular complexity index is 977. The minimum atomic E-state index is -0.511. The molecule has 1 heterocycles. The third kappa shape index (κ3) is 3.12. The van der Waals surface area contributed by atoms with Crippen molar-refractivity contribution in [2.45, 2.75) is 52.1 Å². The maximum absolute atomic E-state index is 12.5. The fourth-order valence-electron chi connectivity index (χ4n) is 3.40. The molecule has 3 aromatic rings. The molecule has 1 aliphatic carbocycles. The fraction of sp³-hybridized carbons (Fsp3) is 0.364. The van der Waals surface area contributed by atoms with E-state index >= 15 is 0 Å². The van der Waals surface area contributed by atoms with Gasteiger partial charge < -0.3 is 4.74 Å². The Kier molecular flexibility index (Phi) is 3.87. The molecule has 0 radical (unpaired) electrons. The van der Waals surface area contributed by atoms with Crippen molar-refractivity contribution in [3.05, 3.63) is 59.3 Å². The molecule has 4 nitrogen and oxygen atoms in total. The molecule has 0 spiro atoms. The van der Waals surface area contributed by atoms with E-state index in [2.05, 4.69) is 19.1 Å². The van der Waals surface area contributed by atoms with Crippen LogP contribution >= 0.6 is 0 Å². The Morgan fingerprint density at radius 3 is 2.46 bits per heavy atom. The number of nitrogens with zero attached hydrogens (tertiary/aromatic N) is 2. The summed E-state index contributed by atoms with van der Waals surface area (Å²) in [6, 6.07) is 14.0. The molecule has 1 aliphatic rings. The lowest BCUT2D eigenvalue weighted by Gasteiger charge is -2.19. The van der Waals surface area contributed by atoms with E-state index < -0.39 is 5.60 Å². The standard InChI is InChI=1S/C22H24N2O2/c1-14-12-16(21(25)26-22(2,3)4)13-18-19(14)20(15-10-11-15)24(23-18)17-8-6-5-7-9-17/h5-9,12-13,15H,10-11H2,1-4H3. The summed E-state index contributed by atoms with van der Waals surface area (Å²) in [5.74, 6) is 0.246. The first-order valence-electron chi connectivity index (χ1n) is 9.15. The summed E-state index contributed by atoms with van der Waals surface area (Å²) in [6.07, 6.45) is 2.39. The highest BCUT2D eigenvalue weighted by molar-refractivity contribution is 5.97. The van der Waals surface area contributed by atoms with Crippen molar-refractivity contribution in [3.8, 4) is 5.69 Å². The average molecular weight is 348 g/mol. The number of fused-ring (bicyclic) bond motifs is 1. The monoisotopic (exact) mass is 348 g/mol. The Labute approximate surface area is 153 Å². The van der Waals surface area contributed by atoms with Gasteiger partial charge in [-0.05, 0) is 70.4 Å². The molecular formula is C22H24N2O2. The van der Waals surface area contributed by atoms with Crippen LogP contribution in [-0.2, 0) is 4.74 Å². The van der Waals surface area contributed by atoms with Gasteiger partial charge in [0, 0.05) is 11.3 Å². The molecular weight excluding hydrogens is 324 g/mol. The Morgan fingerprint density at radius 1 is 1.15 bits per heavy atom. The van der Waals surface area contributed by atoms with Crippen molar-refractivity contribution >= 4 is 16.9 Å². The van der Waals surface area contributed by atoms with Gasteiger partial charge in [0.15, 0.2) is 0 Å². The molecule has 1 aromatic heterocycles. The average Bonchev–Trinajstić information content (AvgIpc) is 3.34. The summed E-state index contributed by atoms with van der Waals surface area (Å²) in [5.41, 5.74) is 4.31. The molecule has 1 fully saturated rings. The van der Waals surface area contributed by atoms with Gasteiger partial charge >= 0.3 is 5.97 Å². The molecule has 2 aromatic carbocycles. The zero-order valence-corrected chi connectivity index (χ0v) is 15.7. The van der Waals surface area contributed by atoms with E-state index in [-0.39, 0.29) is 5.97 Å². The third-order valence-corrected chi connectivity index (χ3v) is 4.61. The molecule has 0 unspecified atom stereocenters. The number of carbonyl (C=O) groups is 1. The number of rotatable bonds is 3. The Morgan fingerprint density at radius 2 is 1.85 bits per heavy atom. The van der Waals surface area contributed by atoms with Gasteiger partial charge in [-0.1, -0.05) is 18.2 Å². The first-order valence-corrected chi connectivity index (χ1v) is 9.15. The van der Waals surface area contributed by atoms with Crippen molar-refractivity contribution in [2.75, 3.05) is 0 Å². The van der Waals surface area contributed by atoms with Crippen LogP contribution in [0.2, 0.25) is 0 Å². The molecule has 1 saturated carbocycles. The minimum Gasteiger partial charge on any atom is -0.456 e. The van der Waals surface area contributed by atoms with Gasteiger partial charge in [-0.25, -0.2) is 9.48 Å². The van der Waals surface area contributed by atoms with Gasteiger partial charge in [0.05, 0.1) is 22.5 Å². The highest BCUT2D eigenvalue weighted by Crippen LogP contribution is 2.45. The Hall–Kier alpha value is -2.62.